The van der Waals surface area contributed by atoms with Crippen LogP contribution in [0.25, 0.3) is 0 Å². The summed E-state index contributed by atoms with van der Waals surface area (Å²) in [5, 5.41) is 3.05. The first-order chi connectivity index (χ1) is 8.96. The van der Waals surface area contributed by atoms with Crippen LogP contribution in [-0.2, 0) is 0 Å². The van der Waals surface area contributed by atoms with Gasteiger partial charge in [0.25, 0.3) is 5.91 Å². The summed E-state index contributed by atoms with van der Waals surface area (Å²) in [6.07, 6.45) is 0. The maximum absolute atomic E-state index is 12.2. The van der Waals surface area contributed by atoms with Gasteiger partial charge in [0.15, 0.2) is 0 Å². The Balaban J connectivity index is 2.63. The van der Waals surface area contributed by atoms with Crippen LogP contribution in [0.4, 0.5) is 0 Å². The van der Waals surface area contributed by atoms with E-state index in [9.17, 15) is 4.79 Å². The van der Waals surface area contributed by atoms with Gasteiger partial charge in [-0.05, 0) is 50.7 Å². The van der Waals surface area contributed by atoms with E-state index in [4.69, 9.17) is 0 Å². The molecule has 0 aliphatic rings. The summed E-state index contributed by atoms with van der Waals surface area (Å²) in [4.78, 5) is 14.5. The van der Waals surface area contributed by atoms with Crippen molar-refractivity contribution < 1.29 is 4.79 Å². The molecule has 1 rings (SSSR count). The monoisotopic (exact) mass is 326 g/mol. The van der Waals surface area contributed by atoms with E-state index in [0.717, 1.165) is 29.7 Å². The van der Waals surface area contributed by atoms with Gasteiger partial charge < -0.3 is 10.2 Å². The number of halogens is 1. The second-order valence-electron chi connectivity index (χ2n) is 4.88. The first-order valence-corrected chi connectivity index (χ1v) is 7.56. The summed E-state index contributed by atoms with van der Waals surface area (Å²) in [6, 6.07) is 5.90. The molecule has 1 aromatic rings. The molecule has 0 heterocycles. The molecule has 0 bridgehead atoms. The highest BCUT2D eigenvalue weighted by Gasteiger charge is 2.12. The predicted octanol–water partition coefficient (Wildman–Crippen LogP) is 3.22. The number of rotatable bonds is 6. The summed E-state index contributed by atoms with van der Waals surface area (Å²) in [5.41, 5.74) is 1.79. The smallest absolute Gasteiger partial charge is 0.251 e. The molecule has 106 valence electrons. The van der Waals surface area contributed by atoms with Gasteiger partial charge in [0.1, 0.15) is 0 Å². The third-order valence-corrected chi connectivity index (χ3v) is 3.57. The van der Waals surface area contributed by atoms with Crippen LogP contribution in [0, 0.1) is 6.92 Å². The molecule has 0 saturated heterocycles. The van der Waals surface area contributed by atoms with Gasteiger partial charge in [-0.15, -0.1) is 0 Å². The standard InChI is InChI=1S/C15H23BrN2O/c1-5-18(6-2)10-12(4)17-15(19)13-7-11(3)8-14(16)9-13/h7-9,12H,5-6,10H2,1-4H3,(H,17,19). The van der Waals surface area contributed by atoms with Crippen molar-refractivity contribution in [2.24, 2.45) is 0 Å². The molecule has 1 atom stereocenters. The van der Waals surface area contributed by atoms with E-state index in [2.05, 4.69) is 40.0 Å². The zero-order chi connectivity index (χ0) is 14.4. The van der Waals surface area contributed by atoms with Crippen LogP contribution in [0.1, 0.15) is 36.7 Å². The van der Waals surface area contributed by atoms with Gasteiger partial charge in [-0.3, -0.25) is 4.79 Å². The number of amides is 1. The van der Waals surface area contributed by atoms with E-state index in [1.54, 1.807) is 0 Å². The molecule has 3 nitrogen and oxygen atoms in total. The van der Waals surface area contributed by atoms with E-state index in [1.165, 1.54) is 0 Å². The van der Waals surface area contributed by atoms with Crippen molar-refractivity contribution in [3.8, 4) is 0 Å². The van der Waals surface area contributed by atoms with E-state index in [1.807, 2.05) is 32.0 Å². The zero-order valence-corrected chi connectivity index (χ0v) is 13.8. The molecule has 0 spiro atoms. The van der Waals surface area contributed by atoms with E-state index >= 15 is 0 Å². The molecule has 1 amide bonds. The second-order valence-corrected chi connectivity index (χ2v) is 5.79. The second kappa shape index (κ2) is 7.65. The molecule has 1 N–H and O–H groups in total. The van der Waals surface area contributed by atoms with Crippen molar-refractivity contribution in [2.45, 2.75) is 33.7 Å². The molecular weight excluding hydrogens is 304 g/mol. The van der Waals surface area contributed by atoms with Gasteiger partial charge in [-0.2, -0.15) is 0 Å². The lowest BCUT2D eigenvalue weighted by molar-refractivity contribution is 0.0930. The third-order valence-electron chi connectivity index (χ3n) is 3.11. The number of likely N-dealkylation sites (N-methyl/N-ethyl adjacent to an activating group) is 1. The van der Waals surface area contributed by atoms with Gasteiger partial charge in [0.2, 0.25) is 0 Å². The van der Waals surface area contributed by atoms with Gasteiger partial charge in [0.05, 0.1) is 0 Å². The Labute approximate surface area is 124 Å². The highest BCUT2D eigenvalue weighted by Crippen LogP contribution is 2.15. The molecule has 19 heavy (non-hydrogen) atoms. The maximum atomic E-state index is 12.2. The highest BCUT2D eigenvalue weighted by atomic mass is 79.9. The van der Waals surface area contributed by atoms with Crippen LogP contribution < -0.4 is 5.32 Å². The average Bonchev–Trinajstić information content (AvgIpc) is 2.34. The van der Waals surface area contributed by atoms with Crippen LogP contribution in [0.15, 0.2) is 22.7 Å². The summed E-state index contributed by atoms with van der Waals surface area (Å²) in [5.74, 6) is -0.0101. The first-order valence-electron chi connectivity index (χ1n) is 6.76. The molecule has 1 aromatic carbocycles. The predicted molar refractivity (Wildman–Crippen MR) is 83.6 cm³/mol. The molecule has 1 unspecified atom stereocenters. The van der Waals surface area contributed by atoms with Gasteiger partial charge in [-0.25, -0.2) is 0 Å². The Morgan fingerprint density at radius 1 is 1.32 bits per heavy atom. The van der Waals surface area contributed by atoms with Crippen LogP contribution >= 0.6 is 15.9 Å². The third kappa shape index (κ3) is 5.33. The van der Waals surface area contributed by atoms with Gasteiger partial charge in [0, 0.05) is 22.6 Å². The number of carbonyl (C=O) groups excluding carboxylic acids is 1. The van der Waals surface area contributed by atoms with Crippen molar-refractivity contribution in [3.63, 3.8) is 0 Å². The lowest BCUT2D eigenvalue weighted by atomic mass is 10.1. The quantitative estimate of drug-likeness (QED) is 0.870. The topological polar surface area (TPSA) is 32.3 Å². The Hall–Kier alpha value is -0.870. The van der Waals surface area contributed by atoms with Crippen molar-refractivity contribution in [2.75, 3.05) is 19.6 Å². The number of benzene rings is 1. The van der Waals surface area contributed by atoms with Gasteiger partial charge >= 0.3 is 0 Å². The van der Waals surface area contributed by atoms with E-state index in [0.29, 0.717) is 5.56 Å². The highest BCUT2D eigenvalue weighted by molar-refractivity contribution is 9.10. The van der Waals surface area contributed by atoms with Gasteiger partial charge in [-0.1, -0.05) is 29.8 Å². The molecule has 0 aliphatic heterocycles. The Kier molecular flexibility index (Phi) is 6.52. The Morgan fingerprint density at radius 2 is 1.95 bits per heavy atom. The molecule has 0 aromatic heterocycles. The van der Waals surface area contributed by atoms with E-state index in [-0.39, 0.29) is 11.9 Å². The minimum Gasteiger partial charge on any atom is -0.348 e. The lowest BCUT2D eigenvalue weighted by Crippen LogP contribution is -2.41. The average molecular weight is 327 g/mol. The lowest BCUT2D eigenvalue weighted by Gasteiger charge is -2.23. The number of hydrogen-bond acceptors (Lipinski definition) is 2. The number of carbonyl (C=O) groups is 1. The normalized spacial score (nSPS) is 12.5. The SMILES string of the molecule is CCN(CC)CC(C)NC(=O)c1cc(C)cc(Br)c1. The number of aryl methyl sites for hydroxylation is 1. The van der Waals surface area contributed by atoms with E-state index < -0.39 is 0 Å². The van der Waals surface area contributed by atoms with Crippen LogP contribution in [0.5, 0.6) is 0 Å². The fourth-order valence-corrected chi connectivity index (χ4v) is 2.70. The van der Waals surface area contributed by atoms with Crippen molar-refractivity contribution in [1.29, 1.82) is 0 Å². The zero-order valence-electron chi connectivity index (χ0n) is 12.2. The fourth-order valence-electron chi connectivity index (χ4n) is 2.09. The number of hydrogen-bond donors (Lipinski definition) is 1. The van der Waals surface area contributed by atoms with Crippen LogP contribution in [0.3, 0.4) is 0 Å². The molecule has 0 fully saturated rings. The van der Waals surface area contributed by atoms with Crippen LogP contribution in [0.2, 0.25) is 0 Å². The van der Waals surface area contributed by atoms with Crippen molar-refractivity contribution in [3.05, 3.63) is 33.8 Å². The minimum absolute atomic E-state index is 0.0101. The summed E-state index contributed by atoms with van der Waals surface area (Å²) < 4.78 is 0.939. The first kappa shape index (κ1) is 16.2. The largest absolute Gasteiger partial charge is 0.348 e. The molecule has 0 radical (unpaired) electrons. The molecule has 0 saturated carbocycles. The molecule has 4 heteroatoms. The van der Waals surface area contributed by atoms with Crippen molar-refractivity contribution in [1.82, 2.24) is 10.2 Å². The molecular formula is C15H23BrN2O. The van der Waals surface area contributed by atoms with Crippen molar-refractivity contribution >= 4 is 21.8 Å². The summed E-state index contributed by atoms with van der Waals surface area (Å²) >= 11 is 3.42. The molecule has 0 aliphatic carbocycles. The fraction of sp³-hybridized carbons (Fsp3) is 0.533. The minimum atomic E-state index is -0.0101. The number of nitrogens with zero attached hydrogens (tertiary/aromatic N) is 1. The summed E-state index contributed by atoms with van der Waals surface area (Å²) in [6.45, 7) is 11.2. The Morgan fingerprint density at radius 3 is 2.47 bits per heavy atom. The Bertz CT molecular complexity index is 410. The van der Waals surface area contributed by atoms with Crippen LogP contribution in [-0.4, -0.2) is 36.5 Å². The number of nitrogens with one attached hydrogen (secondary N) is 1. The summed E-state index contributed by atoms with van der Waals surface area (Å²) in [7, 11) is 0. The maximum Gasteiger partial charge on any atom is 0.251 e.